The summed E-state index contributed by atoms with van der Waals surface area (Å²) in [5, 5.41) is 21.6. The second kappa shape index (κ2) is 11.4. The van der Waals surface area contributed by atoms with Crippen molar-refractivity contribution in [2.75, 3.05) is 0 Å². The van der Waals surface area contributed by atoms with E-state index in [1.165, 1.54) is 31.2 Å². The van der Waals surface area contributed by atoms with Gasteiger partial charge in [-0.2, -0.15) is 15.0 Å². The van der Waals surface area contributed by atoms with Crippen molar-refractivity contribution in [1.29, 1.82) is 5.26 Å². The minimum Gasteiger partial charge on any atom is -0.481 e. The van der Waals surface area contributed by atoms with E-state index in [-0.39, 0.29) is 51.7 Å². The Balaban J connectivity index is 1.84. The van der Waals surface area contributed by atoms with Crippen molar-refractivity contribution in [3.8, 4) is 17.6 Å². The number of carbonyl (C=O) groups excluding carboxylic acids is 1. The van der Waals surface area contributed by atoms with Crippen LogP contribution in [0.4, 0.5) is 8.78 Å². The van der Waals surface area contributed by atoms with E-state index in [1.807, 2.05) is 0 Å². The number of aromatic nitrogens is 2. The van der Waals surface area contributed by atoms with E-state index in [9.17, 15) is 18.8 Å². The molecule has 1 heterocycles. The number of benzene rings is 2. The number of hydrogen-bond donors (Lipinski definition) is 1. The van der Waals surface area contributed by atoms with Gasteiger partial charge in [0.1, 0.15) is 11.6 Å². The number of carboxylic acids is 1. The number of esters is 1. The van der Waals surface area contributed by atoms with Crippen molar-refractivity contribution < 1.29 is 33.0 Å². The molecule has 186 valence electrons. The van der Waals surface area contributed by atoms with Crippen molar-refractivity contribution >= 4 is 23.5 Å². The summed E-state index contributed by atoms with van der Waals surface area (Å²) in [5.41, 5.74) is 0.00419. The SMILES string of the molecule is Cc1cc(Cc2ccc(Cl)c(Oc3cc(F)cc(C#N)c3)c2F)nn(COC(=O)CCC(=O)O)c1=O. The molecule has 2 aromatic carbocycles. The third-order valence-corrected chi connectivity index (χ3v) is 5.11. The molecular formula is C24H18ClF2N3O6. The van der Waals surface area contributed by atoms with Crippen LogP contribution in [-0.4, -0.2) is 26.8 Å². The minimum atomic E-state index is -1.17. The lowest BCUT2D eigenvalue weighted by Crippen LogP contribution is -2.28. The normalized spacial score (nSPS) is 10.5. The van der Waals surface area contributed by atoms with Crippen molar-refractivity contribution in [2.24, 2.45) is 0 Å². The van der Waals surface area contributed by atoms with Crippen LogP contribution in [0, 0.1) is 29.9 Å². The molecule has 0 saturated carbocycles. The second-order valence-electron chi connectivity index (χ2n) is 7.58. The highest BCUT2D eigenvalue weighted by Crippen LogP contribution is 2.35. The van der Waals surface area contributed by atoms with E-state index in [0.717, 1.165) is 16.8 Å². The van der Waals surface area contributed by atoms with Crippen LogP contribution >= 0.6 is 11.6 Å². The van der Waals surface area contributed by atoms with Gasteiger partial charge in [0, 0.05) is 18.1 Å². The Morgan fingerprint density at radius 1 is 1.19 bits per heavy atom. The number of rotatable bonds is 9. The molecule has 3 rings (SSSR count). The molecule has 0 aliphatic carbocycles. The summed E-state index contributed by atoms with van der Waals surface area (Å²) in [7, 11) is 0. The molecule has 0 radical (unpaired) electrons. The highest BCUT2D eigenvalue weighted by molar-refractivity contribution is 6.32. The number of aliphatic carboxylic acids is 1. The maximum absolute atomic E-state index is 15.3. The monoisotopic (exact) mass is 517 g/mol. The van der Waals surface area contributed by atoms with E-state index in [2.05, 4.69) is 5.10 Å². The van der Waals surface area contributed by atoms with Gasteiger partial charge in [-0.25, -0.2) is 8.78 Å². The lowest BCUT2D eigenvalue weighted by atomic mass is 10.1. The average Bonchev–Trinajstić information content (AvgIpc) is 2.83. The summed E-state index contributed by atoms with van der Waals surface area (Å²) in [6.45, 7) is 0.948. The van der Waals surface area contributed by atoms with E-state index in [0.29, 0.717) is 0 Å². The molecule has 0 amide bonds. The number of aryl methyl sites for hydroxylation is 1. The second-order valence-corrected chi connectivity index (χ2v) is 7.99. The van der Waals surface area contributed by atoms with Gasteiger partial charge in [0.15, 0.2) is 18.3 Å². The number of nitriles is 1. The number of hydrogen-bond acceptors (Lipinski definition) is 7. The smallest absolute Gasteiger partial charge is 0.308 e. The van der Waals surface area contributed by atoms with E-state index < -0.39 is 42.3 Å². The zero-order valence-corrected chi connectivity index (χ0v) is 19.5. The van der Waals surface area contributed by atoms with Gasteiger partial charge in [0.05, 0.1) is 35.2 Å². The number of halogens is 3. The topological polar surface area (TPSA) is 132 Å². The summed E-state index contributed by atoms with van der Waals surface area (Å²) in [5.74, 6) is -4.12. The highest BCUT2D eigenvalue weighted by Gasteiger charge is 2.18. The van der Waals surface area contributed by atoms with Gasteiger partial charge < -0.3 is 14.6 Å². The highest BCUT2D eigenvalue weighted by atomic mass is 35.5. The number of carbonyl (C=O) groups is 2. The van der Waals surface area contributed by atoms with Crippen LogP contribution in [0.2, 0.25) is 5.02 Å². The first-order valence-electron chi connectivity index (χ1n) is 10.4. The standard InChI is InChI=1S/C24H18ClF2N3O6/c1-13-6-17(29-30(24(13)34)12-35-21(33)5-4-20(31)32)9-15-2-3-19(25)23(22(15)27)36-18-8-14(11-28)7-16(26)10-18/h2-3,6-8,10H,4-5,9,12H2,1H3,(H,31,32). The third-order valence-electron chi connectivity index (χ3n) is 4.82. The minimum absolute atomic E-state index is 0.0247. The van der Waals surface area contributed by atoms with Gasteiger partial charge >= 0.3 is 11.9 Å². The molecule has 0 saturated heterocycles. The van der Waals surface area contributed by atoms with Gasteiger partial charge in [-0.15, -0.1) is 0 Å². The average molecular weight is 518 g/mol. The van der Waals surface area contributed by atoms with E-state index in [1.54, 1.807) is 6.07 Å². The molecule has 3 aromatic rings. The summed E-state index contributed by atoms with van der Waals surface area (Å²) in [6.07, 6.45) is -0.906. The molecule has 1 aromatic heterocycles. The lowest BCUT2D eigenvalue weighted by molar-refractivity contribution is -0.151. The van der Waals surface area contributed by atoms with E-state index in [4.69, 9.17) is 31.4 Å². The van der Waals surface area contributed by atoms with Crippen LogP contribution in [0.5, 0.6) is 11.5 Å². The molecular weight excluding hydrogens is 500 g/mol. The predicted molar refractivity (Wildman–Crippen MR) is 122 cm³/mol. The maximum Gasteiger partial charge on any atom is 0.308 e. The zero-order valence-electron chi connectivity index (χ0n) is 18.8. The quantitative estimate of drug-likeness (QED) is 0.419. The summed E-state index contributed by atoms with van der Waals surface area (Å²) in [6, 6.07) is 9.15. The van der Waals surface area contributed by atoms with Crippen LogP contribution in [0.1, 0.15) is 35.2 Å². The number of carboxylic acid groups (broad SMARTS) is 1. The summed E-state index contributed by atoms with van der Waals surface area (Å²) >= 11 is 6.09. The first-order chi connectivity index (χ1) is 17.1. The Hall–Kier alpha value is -4.30. The Kier molecular flexibility index (Phi) is 8.34. The van der Waals surface area contributed by atoms with Crippen LogP contribution in [0.3, 0.4) is 0 Å². The summed E-state index contributed by atoms with van der Waals surface area (Å²) in [4.78, 5) is 34.6. The molecule has 1 N–H and O–H groups in total. The van der Waals surface area contributed by atoms with Crippen molar-refractivity contribution in [3.05, 3.63) is 85.8 Å². The Morgan fingerprint density at radius 3 is 2.64 bits per heavy atom. The largest absolute Gasteiger partial charge is 0.481 e. The molecule has 36 heavy (non-hydrogen) atoms. The van der Waals surface area contributed by atoms with Gasteiger partial charge in [0.25, 0.3) is 5.56 Å². The fourth-order valence-corrected chi connectivity index (χ4v) is 3.32. The molecule has 0 spiro atoms. The Labute approximate surface area is 208 Å². The molecule has 0 aliphatic rings. The van der Waals surface area contributed by atoms with Crippen LogP contribution in [0.25, 0.3) is 0 Å². The van der Waals surface area contributed by atoms with Crippen LogP contribution < -0.4 is 10.3 Å². The molecule has 0 aliphatic heterocycles. The van der Waals surface area contributed by atoms with Gasteiger partial charge in [0.2, 0.25) is 0 Å². The first-order valence-corrected chi connectivity index (χ1v) is 10.8. The van der Waals surface area contributed by atoms with Crippen molar-refractivity contribution in [3.63, 3.8) is 0 Å². The first kappa shape index (κ1) is 26.3. The van der Waals surface area contributed by atoms with Gasteiger partial charge in [-0.1, -0.05) is 17.7 Å². The third kappa shape index (κ3) is 6.64. The lowest BCUT2D eigenvalue weighted by Gasteiger charge is -2.13. The fourth-order valence-electron chi connectivity index (χ4n) is 3.14. The summed E-state index contributed by atoms with van der Waals surface area (Å²) < 4.78 is 40.2. The van der Waals surface area contributed by atoms with E-state index >= 15 is 4.39 Å². The predicted octanol–water partition coefficient (Wildman–Crippen LogP) is 4.10. The zero-order chi connectivity index (χ0) is 26.4. The molecule has 0 atom stereocenters. The Bertz CT molecular complexity index is 1430. The molecule has 0 fully saturated rings. The fraction of sp³-hybridized carbons (Fsp3) is 0.208. The van der Waals surface area contributed by atoms with Crippen molar-refractivity contribution in [2.45, 2.75) is 32.9 Å². The molecule has 9 nitrogen and oxygen atoms in total. The van der Waals surface area contributed by atoms with Crippen LogP contribution in [-0.2, 0) is 27.5 Å². The van der Waals surface area contributed by atoms with Crippen LogP contribution in [0.15, 0.2) is 41.2 Å². The number of nitrogens with zero attached hydrogens (tertiary/aromatic N) is 3. The molecule has 0 unspecified atom stereocenters. The van der Waals surface area contributed by atoms with Gasteiger partial charge in [-0.3, -0.25) is 14.4 Å². The molecule has 12 heteroatoms. The molecule has 0 bridgehead atoms. The van der Waals surface area contributed by atoms with Crippen molar-refractivity contribution in [1.82, 2.24) is 9.78 Å². The van der Waals surface area contributed by atoms with Gasteiger partial charge in [-0.05, 0) is 36.8 Å². The Morgan fingerprint density at radius 2 is 1.94 bits per heavy atom. The maximum atomic E-state index is 15.3. The number of ether oxygens (including phenoxy) is 2.